The van der Waals surface area contributed by atoms with E-state index in [-0.39, 0.29) is 25.9 Å². The van der Waals surface area contributed by atoms with Crippen LogP contribution in [0.3, 0.4) is 0 Å². The first-order chi connectivity index (χ1) is 7.20. The van der Waals surface area contributed by atoms with Gasteiger partial charge in [-0.3, -0.25) is 9.59 Å². The van der Waals surface area contributed by atoms with Crippen LogP contribution in [0.4, 0.5) is 0 Å². The van der Waals surface area contributed by atoms with E-state index in [0.29, 0.717) is 7.69 Å². The molecule has 0 fully saturated rings. The average molecular weight is 256 g/mol. The van der Waals surface area contributed by atoms with Crippen molar-refractivity contribution in [2.75, 3.05) is 13.1 Å². The van der Waals surface area contributed by atoms with Crippen LogP contribution >= 0.6 is 23.6 Å². The summed E-state index contributed by atoms with van der Waals surface area (Å²) in [4.78, 5) is 26.1. The molecular weight excluding hydrogens is 246 g/mol. The van der Waals surface area contributed by atoms with E-state index in [2.05, 4.69) is 19.0 Å². The molecule has 0 unspecified atom stereocenters. The van der Waals surface area contributed by atoms with Crippen molar-refractivity contribution in [1.29, 1.82) is 0 Å². The Labute approximate surface area is 98.1 Å². The van der Waals surface area contributed by atoms with E-state index in [0.717, 1.165) is 0 Å². The Balaban J connectivity index is 3.36. The Hall–Kier alpha value is -0.495. The van der Waals surface area contributed by atoms with E-state index in [1.165, 1.54) is 0 Å². The summed E-state index contributed by atoms with van der Waals surface area (Å²) in [5, 5.41) is 0. The molecule has 0 spiro atoms. The van der Waals surface area contributed by atoms with Crippen molar-refractivity contribution in [2.24, 2.45) is 0 Å². The van der Waals surface area contributed by atoms with E-state index >= 15 is 0 Å². The predicted molar refractivity (Wildman–Crippen MR) is 54.9 cm³/mol. The molecule has 0 aliphatic heterocycles. The van der Waals surface area contributed by atoms with E-state index in [4.69, 9.17) is 23.6 Å². The molecule has 2 N–H and O–H groups in total. The quantitative estimate of drug-likeness (QED) is 0.465. The van der Waals surface area contributed by atoms with Crippen molar-refractivity contribution in [3.63, 3.8) is 0 Å². The summed E-state index contributed by atoms with van der Waals surface area (Å²) in [7, 11) is 0.688. The number of halogens is 2. The lowest BCUT2D eigenvalue weighted by molar-refractivity contribution is -0.139. The largest absolute Gasteiger partial charge is 0.662 e. The number of carbonyl (C=O) groups excluding carboxylic acids is 2. The molecule has 0 saturated heterocycles. The van der Waals surface area contributed by atoms with Crippen LogP contribution in [0.15, 0.2) is 0 Å². The Morgan fingerprint density at radius 1 is 1.00 bits per heavy atom. The maximum Gasteiger partial charge on any atom is 0.662 e. The van der Waals surface area contributed by atoms with Crippen molar-refractivity contribution < 1.29 is 18.9 Å². The van der Waals surface area contributed by atoms with E-state index < -0.39 is 11.9 Å². The fourth-order valence-corrected chi connectivity index (χ4v) is 0.737. The minimum absolute atomic E-state index is 0.0841. The van der Waals surface area contributed by atoms with Crippen LogP contribution in [0.1, 0.15) is 12.8 Å². The first-order valence-corrected chi connectivity index (χ1v) is 4.84. The lowest BCUT2D eigenvalue weighted by Crippen LogP contribution is -2.19. The molecule has 6 nitrogen and oxygen atoms in total. The summed E-state index contributed by atoms with van der Waals surface area (Å²) >= 11 is 10.2. The standard InChI is InChI=1S/C6H10BCl2N2O4/c8-10-3-1-5(12)14-7-15-6(13)2-4-11-9/h10-11H,1-4H2. The summed E-state index contributed by atoms with van der Waals surface area (Å²) in [6.07, 6.45) is 0.168. The van der Waals surface area contributed by atoms with Crippen molar-refractivity contribution >= 4 is 43.2 Å². The van der Waals surface area contributed by atoms with Gasteiger partial charge in [-0.15, -0.1) is 0 Å². The first-order valence-electron chi connectivity index (χ1n) is 4.08. The maximum absolute atomic E-state index is 10.8. The topological polar surface area (TPSA) is 76.7 Å². The Bertz CT molecular complexity index is 188. The molecule has 0 aliphatic rings. The zero-order valence-corrected chi connectivity index (χ0v) is 9.31. The van der Waals surface area contributed by atoms with Gasteiger partial charge >= 0.3 is 7.69 Å². The zero-order valence-electron chi connectivity index (χ0n) is 7.79. The van der Waals surface area contributed by atoms with Gasteiger partial charge < -0.3 is 9.31 Å². The highest BCUT2D eigenvalue weighted by molar-refractivity contribution is 6.25. The number of rotatable bonds is 8. The van der Waals surface area contributed by atoms with E-state index in [1.807, 2.05) is 0 Å². The third-order valence-corrected chi connectivity index (χ3v) is 1.58. The molecule has 9 heteroatoms. The van der Waals surface area contributed by atoms with Gasteiger partial charge in [-0.1, -0.05) is 0 Å². The van der Waals surface area contributed by atoms with Crippen LogP contribution in [0, 0.1) is 0 Å². The van der Waals surface area contributed by atoms with Crippen molar-refractivity contribution in [1.82, 2.24) is 9.67 Å². The summed E-state index contributed by atoms with van der Waals surface area (Å²) in [6, 6.07) is 0. The summed E-state index contributed by atoms with van der Waals surface area (Å²) < 4.78 is 8.87. The zero-order chi connectivity index (χ0) is 11.5. The second-order valence-corrected chi connectivity index (χ2v) is 2.88. The van der Waals surface area contributed by atoms with E-state index in [1.54, 1.807) is 0 Å². The molecule has 85 valence electrons. The molecule has 0 aromatic heterocycles. The predicted octanol–water partition coefficient (Wildman–Crippen LogP) is -0.126. The fraction of sp³-hybridized carbons (Fsp3) is 0.667. The molecule has 0 amide bonds. The van der Waals surface area contributed by atoms with Gasteiger partial charge in [-0.05, 0) is 23.6 Å². The highest BCUT2D eigenvalue weighted by Crippen LogP contribution is 1.88. The molecule has 0 rings (SSSR count). The lowest BCUT2D eigenvalue weighted by Gasteiger charge is -2.03. The molecule has 0 atom stereocenters. The summed E-state index contributed by atoms with van der Waals surface area (Å²) in [5.41, 5.74) is 0. The number of nitrogens with one attached hydrogen (secondary N) is 2. The second kappa shape index (κ2) is 10.0. The molecule has 0 heterocycles. The van der Waals surface area contributed by atoms with E-state index in [9.17, 15) is 9.59 Å². The monoisotopic (exact) mass is 255 g/mol. The minimum atomic E-state index is -0.550. The highest BCUT2D eigenvalue weighted by Gasteiger charge is 2.09. The third kappa shape index (κ3) is 9.80. The number of carbonyl (C=O) groups is 2. The van der Waals surface area contributed by atoms with Crippen LogP contribution in [0.2, 0.25) is 0 Å². The lowest BCUT2D eigenvalue weighted by atomic mass is 10.3. The van der Waals surface area contributed by atoms with Crippen LogP contribution in [0.5, 0.6) is 0 Å². The molecule has 0 aromatic carbocycles. The molecular formula is C6H10BCl2N2O4. The molecule has 15 heavy (non-hydrogen) atoms. The summed E-state index contributed by atoms with van der Waals surface area (Å²) in [6.45, 7) is 0.552. The Morgan fingerprint density at radius 2 is 1.40 bits per heavy atom. The van der Waals surface area contributed by atoms with Crippen molar-refractivity contribution in [2.45, 2.75) is 12.8 Å². The van der Waals surface area contributed by atoms with Crippen LogP contribution in [0.25, 0.3) is 0 Å². The van der Waals surface area contributed by atoms with Crippen LogP contribution < -0.4 is 9.67 Å². The highest BCUT2D eigenvalue weighted by atomic mass is 35.5. The maximum atomic E-state index is 10.8. The Kier molecular flexibility index (Phi) is 9.71. The van der Waals surface area contributed by atoms with Crippen LogP contribution in [-0.4, -0.2) is 32.7 Å². The van der Waals surface area contributed by atoms with Crippen molar-refractivity contribution in [3.05, 3.63) is 0 Å². The van der Waals surface area contributed by atoms with Gasteiger partial charge in [0.15, 0.2) is 0 Å². The molecule has 0 aromatic rings. The Morgan fingerprint density at radius 3 is 1.73 bits per heavy atom. The van der Waals surface area contributed by atoms with Crippen molar-refractivity contribution in [3.8, 4) is 0 Å². The van der Waals surface area contributed by atoms with Gasteiger partial charge in [0, 0.05) is 13.1 Å². The van der Waals surface area contributed by atoms with Crippen LogP contribution in [-0.2, 0) is 18.9 Å². The van der Waals surface area contributed by atoms with Gasteiger partial charge in [0.2, 0.25) is 0 Å². The minimum Gasteiger partial charge on any atom is -0.500 e. The first kappa shape index (κ1) is 14.5. The molecule has 0 aliphatic carbocycles. The van der Waals surface area contributed by atoms with Gasteiger partial charge in [0.25, 0.3) is 11.9 Å². The average Bonchev–Trinajstić information content (AvgIpc) is 2.23. The normalized spacial score (nSPS) is 9.47. The SMILES string of the molecule is O=C(CCNCl)O[B]OC(=O)CCNCl. The van der Waals surface area contributed by atoms with Gasteiger partial charge in [-0.25, -0.2) is 9.67 Å². The fourth-order valence-electron chi connectivity index (χ4n) is 0.548. The molecule has 0 saturated carbocycles. The second-order valence-electron chi connectivity index (χ2n) is 2.34. The summed E-state index contributed by atoms with van der Waals surface area (Å²) in [5.74, 6) is -1.10. The third-order valence-electron chi connectivity index (χ3n) is 1.21. The smallest absolute Gasteiger partial charge is 0.500 e. The van der Waals surface area contributed by atoms with Gasteiger partial charge in [0.05, 0.1) is 12.8 Å². The van der Waals surface area contributed by atoms with Gasteiger partial charge in [0.1, 0.15) is 0 Å². The number of hydrogen-bond donors (Lipinski definition) is 2. The van der Waals surface area contributed by atoms with Gasteiger partial charge in [-0.2, -0.15) is 0 Å². The molecule has 0 bridgehead atoms. The molecule has 1 radical (unpaired) electrons. The number of hydrogen-bond acceptors (Lipinski definition) is 6.